The Balaban J connectivity index is 1.50. The summed E-state index contributed by atoms with van der Waals surface area (Å²) in [6.45, 7) is 1.24. The lowest BCUT2D eigenvalue weighted by molar-refractivity contribution is -0.132. The zero-order chi connectivity index (χ0) is 17.0. The zero-order valence-corrected chi connectivity index (χ0v) is 14.5. The highest BCUT2D eigenvalue weighted by Crippen LogP contribution is 2.22. The molecule has 1 fully saturated rings. The van der Waals surface area contributed by atoms with Gasteiger partial charge in [0.2, 0.25) is 15.9 Å². The molecule has 130 valence electrons. The van der Waals surface area contributed by atoms with E-state index in [-0.39, 0.29) is 16.8 Å². The fourth-order valence-electron chi connectivity index (χ4n) is 3.35. The Morgan fingerprint density at radius 1 is 1.12 bits per heavy atom. The summed E-state index contributed by atoms with van der Waals surface area (Å²) in [5.41, 5.74) is 0. The van der Waals surface area contributed by atoms with Gasteiger partial charge in [-0.3, -0.25) is 4.79 Å². The Morgan fingerprint density at radius 2 is 1.83 bits per heavy atom. The average Bonchev–Trinajstić information content (AvgIpc) is 3.09. The molecule has 2 aliphatic rings. The van der Waals surface area contributed by atoms with Gasteiger partial charge in [-0.15, -0.1) is 0 Å². The number of benzene rings is 1. The minimum atomic E-state index is -3.48. The zero-order valence-electron chi connectivity index (χ0n) is 13.7. The van der Waals surface area contributed by atoms with Gasteiger partial charge in [-0.25, -0.2) is 13.1 Å². The second kappa shape index (κ2) is 7.49. The molecule has 1 aromatic rings. The van der Waals surface area contributed by atoms with E-state index in [4.69, 9.17) is 0 Å². The van der Waals surface area contributed by atoms with Crippen molar-refractivity contribution < 1.29 is 13.2 Å². The molecule has 1 aromatic carbocycles. The van der Waals surface area contributed by atoms with Crippen LogP contribution in [0.5, 0.6) is 0 Å². The number of amides is 1. The number of hydrogen-bond donors (Lipinski definition) is 1. The van der Waals surface area contributed by atoms with Gasteiger partial charge in [0.05, 0.1) is 4.90 Å². The van der Waals surface area contributed by atoms with Gasteiger partial charge in [0.25, 0.3) is 0 Å². The van der Waals surface area contributed by atoms with E-state index in [1.54, 1.807) is 30.3 Å². The van der Waals surface area contributed by atoms with Crippen molar-refractivity contribution in [1.29, 1.82) is 0 Å². The van der Waals surface area contributed by atoms with Crippen molar-refractivity contribution in [3.8, 4) is 0 Å². The third-order valence-electron chi connectivity index (χ3n) is 4.77. The molecule has 5 nitrogen and oxygen atoms in total. The first kappa shape index (κ1) is 17.2. The molecule has 1 N–H and O–H groups in total. The molecule has 0 saturated carbocycles. The Kier molecular flexibility index (Phi) is 5.36. The number of hydrogen-bond acceptors (Lipinski definition) is 3. The number of sulfonamides is 1. The van der Waals surface area contributed by atoms with Crippen molar-refractivity contribution in [3.63, 3.8) is 0 Å². The van der Waals surface area contributed by atoms with E-state index in [9.17, 15) is 13.2 Å². The summed E-state index contributed by atoms with van der Waals surface area (Å²) in [5, 5.41) is 0. The summed E-state index contributed by atoms with van der Waals surface area (Å²) in [6.07, 6.45) is 8.33. The molecule has 1 aliphatic heterocycles. The molecule has 1 saturated heterocycles. The summed E-state index contributed by atoms with van der Waals surface area (Å²) in [6, 6.07) is 8.31. The van der Waals surface area contributed by atoms with Crippen molar-refractivity contribution in [1.82, 2.24) is 9.62 Å². The topological polar surface area (TPSA) is 66.5 Å². The van der Waals surface area contributed by atoms with Crippen LogP contribution in [0.15, 0.2) is 47.4 Å². The van der Waals surface area contributed by atoms with Crippen LogP contribution in [0.1, 0.15) is 32.1 Å². The van der Waals surface area contributed by atoms with Crippen molar-refractivity contribution in [2.75, 3.05) is 13.1 Å². The predicted octanol–water partition coefficient (Wildman–Crippen LogP) is 2.31. The third-order valence-corrected chi connectivity index (χ3v) is 6.31. The van der Waals surface area contributed by atoms with Crippen LogP contribution in [0.25, 0.3) is 0 Å². The Hall–Kier alpha value is -1.66. The number of carbonyl (C=O) groups is 1. The number of carbonyl (C=O) groups excluding carboxylic acids is 1. The van der Waals surface area contributed by atoms with E-state index >= 15 is 0 Å². The van der Waals surface area contributed by atoms with Gasteiger partial charge in [0.1, 0.15) is 0 Å². The maximum Gasteiger partial charge on any atom is 0.240 e. The fraction of sp³-hybridized carbons (Fsp3) is 0.500. The third kappa shape index (κ3) is 4.24. The highest BCUT2D eigenvalue weighted by molar-refractivity contribution is 7.89. The van der Waals surface area contributed by atoms with Gasteiger partial charge >= 0.3 is 0 Å². The largest absolute Gasteiger partial charge is 0.343 e. The maximum atomic E-state index is 12.3. The van der Waals surface area contributed by atoms with Crippen LogP contribution in [0.4, 0.5) is 0 Å². The second-order valence-corrected chi connectivity index (χ2v) is 8.27. The molecule has 3 rings (SSSR count). The minimum absolute atomic E-state index is 0.106. The van der Waals surface area contributed by atoms with Crippen LogP contribution in [0.2, 0.25) is 0 Å². The Morgan fingerprint density at radius 3 is 2.46 bits per heavy atom. The monoisotopic (exact) mass is 348 g/mol. The number of nitrogens with one attached hydrogen (secondary N) is 1. The minimum Gasteiger partial charge on any atom is -0.343 e. The first-order chi connectivity index (χ1) is 11.5. The molecule has 1 unspecified atom stereocenters. The molecular weight excluding hydrogens is 324 g/mol. The summed E-state index contributed by atoms with van der Waals surface area (Å²) < 4.78 is 27.5. The van der Waals surface area contributed by atoms with Crippen molar-refractivity contribution in [3.05, 3.63) is 42.5 Å². The van der Waals surface area contributed by atoms with Crippen molar-refractivity contribution in [2.24, 2.45) is 5.92 Å². The molecule has 1 heterocycles. The smallest absolute Gasteiger partial charge is 0.240 e. The van der Waals surface area contributed by atoms with E-state index in [0.29, 0.717) is 38.3 Å². The van der Waals surface area contributed by atoms with Gasteiger partial charge in [0.15, 0.2) is 0 Å². The maximum absolute atomic E-state index is 12.3. The fourth-order valence-corrected chi connectivity index (χ4v) is 4.68. The molecule has 1 amide bonds. The molecule has 6 heteroatoms. The molecule has 0 bridgehead atoms. The molecule has 0 aromatic heterocycles. The van der Waals surface area contributed by atoms with Crippen LogP contribution >= 0.6 is 0 Å². The van der Waals surface area contributed by atoms with E-state index < -0.39 is 10.0 Å². The molecule has 0 radical (unpaired) electrons. The number of likely N-dealkylation sites (tertiary alicyclic amines) is 1. The summed E-state index contributed by atoms with van der Waals surface area (Å²) in [4.78, 5) is 14.5. The number of allylic oxidation sites excluding steroid dienone is 2. The lowest BCUT2D eigenvalue weighted by Crippen LogP contribution is -2.46. The number of piperidine rings is 1. The van der Waals surface area contributed by atoms with Gasteiger partial charge in [-0.05, 0) is 43.7 Å². The van der Waals surface area contributed by atoms with Gasteiger partial charge in [-0.1, -0.05) is 30.4 Å². The second-order valence-electron chi connectivity index (χ2n) is 6.56. The van der Waals surface area contributed by atoms with Crippen LogP contribution < -0.4 is 4.72 Å². The van der Waals surface area contributed by atoms with E-state index in [0.717, 1.165) is 12.8 Å². The lowest BCUT2D eigenvalue weighted by Gasteiger charge is -2.32. The molecule has 0 spiro atoms. The lowest BCUT2D eigenvalue weighted by atomic mass is 10.0. The first-order valence-electron chi connectivity index (χ1n) is 8.56. The highest BCUT2D eigenvalue weighted by Gasteiger charge is 2.27. The molecular formula is C18H24N2O3S. The normalized spacial score (nSPS) is 22.0. The standard InChI is InChI=1S/C18H24N2O3S/c21-18(14-15-6-4-5-7-15)20-12-10-16(11-13-20)19-24(22,23)17-8-2-1-3-9-17/h1-4,6,8-9,15-16,19H,5,7,10-14H2. The summed E-state index contributed by atoms with van der Waals surface area (Å²) in [7, 11) is -3.48. The quantitative estimate of drug-likeness (QED) is 0.831. The summed E-state index contributed by atoms with van der Waals surface area (Å²) in [5.74, 6) is 0.572. The van der Waals surface area contributed by atoms with Gasteiger partial charge in [0, 0.05) is 25.6 Å². The highest BCUT2D eigenvalue weighted by atomic mass is 32.2. The van der Waals surface area contributed by atoms with Crippen molar-refractivity contribution >= 4 is 15.9 Å². The van der Waals surface area contributed by atoms with Crippen LogP contribution in [0.3, 0.4) is 0 Å². The molecule has 24 heavy (non-hydrogen) atoms. The Labute approximate surface area is 143 Å². The SMILES string of the molecule is O=C(CC1C=CCC1)N1CCC(NS(=O)(=O)c2ccccc2)CC1. The van der Waals surface area contributed by atoms with E-state index in [2.05, 4.69) is 16.9 Å². The van der Waals surface area contributed by atoms with Gasteiger partial charge < -0.3 is 4.90 Å². The Bertz CT molecular complexity index is 692. The number of nitrogens with zero attached hydrogens (tertiary/aromatic N) is 1. The average molecular weight is 348 g/mol. The molecule has 1 aliphatic carbocycles. The summed E-state index contributed by atoms with van der Waals surface area (Å²) >= 11 is 0. The van der Waals surface area contributed by atoms with E-state index in [1.165, 1.54) is 0 Å². The molecule has 1 atom stereocenters. The van der Waals surface area contributed by atoms with Crippen LogP contribution in [-0.4, -0.2) is 38.4 Å². The van der Waals surface area contributed by atoms with Crippen LogP contribution in [0, 0.1) is 5.92 Å². The van der Waals surface area contributed by atoms with Crippen LogP contribution in [-0.2, 0) is 14.8 Å². The number of rotatable bonds is 5. The van der Waals surface area contributed by atoms with Gasteiger partial charge in [-0.2, -0.15) is 0 Å². The first-order valence-corrected chi connectivity index (χ1v) is 10.0. The van der Waals surface area contributed by atoms with E-state index in [1.807, 2.05) is 4.90 Å². The van der Waals surface area contributed by atoms with Crippen molar-refractivity contribution in [2.45, 2.75) is 43.0 Å². The predicted molar refractivity (Wildman–Crippen MR) is 92.8 cm³/mol.